The van der Waals surface area contributed by atoms with Crippen LogP contribution in [0.4, 0.5) is 11.4 Å². The summed E-state index contributed by atoms with van der Waals surface area (Å²) in [6.45, 7) is 0. The second-order valence-electron chi connectivity index (χ2n) is 5.33. The fourth-order valence-corrected chi connectivity index (χ4v) is 3.98. The molecule has 1 atom stereocenters. The topological polar surface area (TPSA) is 73.3 Å². The number of para-hydroxylation sites is 1. The molecule has 5 nitrogen and oxygen atoms in total. The van der Waals surface area contributed by atoms with E-state index in [1.807, 2.05) is 6.07 Å². The molecule has 128 valence electrons. The minimum Gasteiger partial charge on any atom is -0.326 e. The highest BCUT2D eigenvalue weighted by Gasteiger charge is 2.39. The molecule has 25 heavy (non-hydrogen) atoms. The molecule has 1 fully saturated rings. The van der Waals surface area contributed by atoms with Crippen LogP contribution in [0.3, 0.4) is 0 Å². The van der Waals surface area contributed by atoms with Crippen molar-refractivity contribution in [3.8, 4) is 0 Å². The summed E-state index contributed by atoms with van der Waals surface area (Å²) in [5.74, 6) is -0.618. The highest BCUT2D eigenvalue weighted by Crippen LogP contribution is 2.33. The number of thioether (sulfide) groups is 1. The van der Waals surface area contributed by atoms with Gasteiger partial charge >= 0.3 is 0 Å². The summed E-state index contributed by atoms with van der Waals surface area (Å²) < 4.78 is 0. The number of anilines is 2. The molecule has 0 spiro atoms. The van der Waals surface area contributed by atoms with Crippen LogP contribution in [-0.2, 0) is 9.59 Å². The molecule has 0 aromatic heterocycles. The molecule has 0 radical (unpaired) electrons. The third kappa shape index (κ3) is 4.15. The van der Waals surface area contributed by atoms with Crippen LogP contribution in [0.15, 0.2) is 48.5 Å². The molecule has 2 aromatic carbocycles. The number of carbonyl (C=O) groups excluding carboxylic acids is 2. The Morgan fingerprint density at radius 3 is 2.44 bits per heavy atom. The van der Waals surface area contributed by atoms with Crippen molar-refractivity contribution in [3.63, 3.8) is 0 Å². The largest absolute Gasteiger partial charge is 0.326 e. The summed E-state index contributed by atoms with van der Waals surface area (Å²) in [5.41, 5.74) is 1.09. The lowest BCUT2D eigenvalue weighted by Crippen LogP contribution is -2.33. The number of hydrogen-bond acceptors (Lipinski definition) is 4. The minimum atomic E-state index is -0.637. The highest BCUT2D eigenvalue weighted by molar-refractivity contribution is 8.16. The molecule has 2 amide bonds. The van der Waals surface area contributed by atoms with E-state index in [1.165, 1.54) is 4.90 Å². The molecule has 1 unspecified atom stereocenters. The molecule has 1 aliphatic heterocycles. The lowest BCUT2D eigenvalue weighted by molar-refractivity contribution is -0.121. The van der Waals surface area contributed by atoms with E-state index >= 15 is 0 Å². The van der Waals surface area contributed by atoms with Crippen molar-refractivity contribution in [1.82, 2.24) is 0 Å². The monoisotopic (exact) mass is 393 g/mol. The molecule has 0 aliphatic carbocycles. The standard InChI is InChI=1S/C17H13Cl2N3O2S/c18-10-6-11(19)8-12(7-10)21-15(23)9-14-16(24)22(17(20)25-14)13-4-2-1-3-5-13/h1-8,14,20H,9H2,(H,21,23). The van der Waals surface area contributed by atoms with Gasteiger partial charge in [-0.05, 0) is 30.3 Å². The van der Waals surface area contributed by atoms with Crippen molar-refractivity contribution in [3.05, 3.63) is 58.6 Å². The normalized spacial score (nSPS) is 17.0. The Kier molecular flexibility index (Phi) is 5.32. The smallest absolute Gasteiger partial charge is 0.247 e. The molecular weight excluding hydrogens is 381 g/mol. The van der Waals surface area contributed by atoms with E-state index in [-0.39, 0.29) is 23.4 Å². The van der Waals surface area contributed by atoms with E-state index in [0.29, 0.717) is 21.4 Å². The molecule has 1 saturated heterocycles. The second kappa shape index (κ2) is 7.47. The van der Waals surface area contributed by atoms with Gasteiger partial charge in [0.15, 0.2) is 5.17 Å². The number of nitrogens with zero attached hydrogens (tertiary/aromatic N) is 1. The first-order chi connectivity index (χ1) is 11.9. The molecule has 1 aliphatic rings. The SMILES string of the molecule is N=C1SC(CC(=O)Nc2cc(Cl)cc(Cl)c2)C(=O)N1c1ccccc1. The van der Waals surface area contributed by atoms with E-state index in [4.69, 9.17) is 28.6 Å². The molecular formula is C17H13Cl2N3O2S. The molecule has 2 N–H and O–H groups in total. The molecule has 0 bridgehead atoms. The van der Waals surface area contributed by atoms with E-state index in [1.54, 1.807) is 42.5 Å². The van der Waals surface area contributed by atoms with Crippen LogP contribution in [0, 0.1) is 5.41 Å². The van der Waals surface area contributed by atoms with E-state index in [9.17, 15) is 9.59 Å². The summed E-state index contributed by atoms with van der Waals surface area (Å²) in [4.78, 5) is 26.1. The average molecular weight is 394 g/mol. The fourth-order valence-electron chi connectivity index (χ4n) is 2.44. The summed E-state index contributed by atoms with van der Waals surface area (Å²) in [7, 11) is 0. The average Bonchev–Trinajstić information content (AvgIpc) is 2.81. The quantitative estimate of drug-likeness (QED) is 0.807. The first kappa shape index (κ1) is 17.8. The van der Waals surface area contributed by atoms with Gasteiger partial charge in [-0.3, -0.25) is 19.9 Å². The molecule has 8 heteroatoms. The molecule has 1 heterocycles. The van der Waals surface area contributed by atoms with Gasteiger partial charge < -0.3 is 5.32 Å². The van der Waals surface area contributed by atoms with Crippen LogP contribution in [0.5, 0.6) is 0 Å². The fraction of sp³-hybridized carbons (Fsp3) is 0.118. The van der Waals surface area contributed by atoms with Crippen LogP contribution in [0.25, 0.3) is 0 Å². The van der Waals surface area contributed by atoms with Crippen molar-refractivity contribution in [2.75, 3.05) is 10.2 Å². The van der Waals surface area contributed by atoms with Crippen LogP contribution >= 0.6 is 35.0 Å². The van der Waals surface area contributed by atoms with E-state index in [2.05, 4.69) is 5.32 Å². The third-order valence-electron chi connectivity index (χ3n) is 3.48. The maximum Gasteiger partial charge on any atom is 0.247 e. The van der Waals surface area contributed by atoms with Crippen LogP contribution in [-0.4, -0.2) is 22.2 Å². The van der Waals surface area contributed by atoms with Crippen LogP contribution in [0.1, 0.15) is 6.42 Å². The van der Waals surface area contributed by atoms with Crippen molar-refractivity contribution < 1.29 is 9.59 Å². The van der Waals surface area contributed by atoms with Gasteiger partial charge in [-0.2, -0.15) is 0 Å². The molecule has 3 rings (SSSR count). The van der Waals surface area contributed by atoms with Gasteiger partial charge in [0, 0.05) is 22.2 Å². The van der Waals surface area contributed by atoms with Crippen molar-refractivity contribution in [2.24, 2.45) is 0 Å². The van der Waals surface area contributed by atoms with Gasteiger partial charge in [-0.25, -0.2) is 0 Å². The van der Waals surface area contributed by atoms with Gasteiger partial charge in [-0.15, -0.1) is 0 Å². The Morgan fingerprint density at radius 1 is 1.16 bits per heavy atom. The Hall–Kier alpha value is -2.02. The molecule has 0 saturated carbocycles. The summed E-state index contributed by atoms with van der Waals surface area (Å²) in [5, 5.41) is 11.0. The summed E-state index contributed by atoms with van der Waals surface area (Å²) in [6.07, 6.45) is -0.0423. The highest BCUT2D eigenvalue weighted by atomic mass is 35.5. The zero-order valence-electron chi connectivity index (χ0n) is 12.8. The number of carbonyl (C=O) groups is 2. The Labute approximate surface area is 158 Å². The maximum atomic E-state index is 12.6. The zero-order chi connectivity index (χ0) is 18.0. The van der Waals surface area contributed by atoms with Crippen LogP contribution in [0.2, 0.25) is 10.0 Å². The Bertz CT molecular complexity index is 825. The first-order valence-electron chi connectivity index (χ1n) is 7.34. The number of amidine groups is 1. The van der Waals surface area contributed by atoms with Gasteiger partial charge in [-0.1, -0.05) is 53.2 Å². The second-order valence-corrected chi connectivity index (χ2v) is 7.40. The van der Waals surface area contributed by atoms with Gasteiger partial charge in [0.1, 0.15) is 5.25 Å². The van der Waals surface area contributed by atoms with E-state index in [0.717, 1.165) is 11.8 Å². The van der Waals surface area contributed by atoms with Crippen LogP contribution < -0.4 is 10.2 Å². The molecule has 2 aromatic rings. The third-order valence-corrected chi connectivity index (χ3v) is 4.98. The Morgan fingerprint density at radius 2 is 1.80 bits per heavy atom. The van der Waals surface area contributed by atoms with Crippen molar-refractivity contribution in [2.45, 2.75) is 11.7 Å². The summed E-state index contributed by atoms with van der Waals surface area (Å²) >= 11 is 12.9. The predicted molar refractivity (Wildman–Crippen MR) is 103 cm³/mol. The number of nitrogens with one attached hydrogen (secondary N) is 2. The van der Waals surface area contributed by atoms with E-state index < -0.39 is 5.25 Å². The lowest BCUT2D eigenvalue weighted by Gasteiger charge is -2.15. The van der Waals surface area contributed by atoms with Crippen molar-refractivity contribution in [1.29, 1.82) is 5.41 Å². The number of rotatable bonds is 4. The van der Waals surface area contributed by atoms with Gasteiger partial charge in [0.05, 0.1) is 5.69 Å². The van der Waals surface area contributed by atoms with Crippen molar-refractivity contribution >= 4 is 63.3 Å². The number of amides is 2. The zero-order valence-corrected chi connectivity index (χ0v) is 15.2. The van der Waals surface area contributed by atoms with Gasteiger partial charge in [0.25, 0.3) is 0 Å². The predicted octanol–water partition coefficient (Wildman–Crippen LogP) is 4.41. The van der Waals surface area contributed by atoms with Gasteiger partial charge in [0.2, 0.25) is 11.8 Å². The Balaban J connectivity index is 1.68. The maximum absolute atomic E-state index is 12.6. The number of hydrogen-bond donors (Lipinski definition) is 2. The number of benzene rings is 2. The first-order valence-corrected chi connectivity index (χ1v) is 8.98. The minimum absolute atomic E-state index is 0.0423. The number of halogens is 2. The summed E-state index contributed by atoms with van der Waals surface area (Å²) in [6, 6.07) is 13.6. The lowest BCUT2D eigenvalue weighted by atomic mass is 10.2.